The van der Waals surface area contributed by atoms with Gasteiger partial charge in [-0.15, -0.1) is 11.3 Å². The van der Waals surface area contributed by atoms with E-state index in [1.165, 1.54) is 0 Å². The number of anilines is 1. The average Bonchev–Trinajstić information content (AvgIpc) is 3.03. The Kier molecular flexibility index (Phi) is 5.78. The summed E-state index contributed by atoms with van der Waals surface area (Å²) in [6.45, 7) is 8.95. The summed E-state index contributed by atoms with van der Waals surface area (Å²) in [5.74, 6) is 1.86. The maximum absolute atomic E-state index is 9.38. The van der Waals surface area contributed by atoms with Crippen LogP contribution in [0.1, 0.15) is 37.0 Å². The highest BCUT2D eigenvalue weighted by Crippen LogP contribution is 2.36. The van der Waals surface area contributed by atoms with Crippen LogP contribution < -0.4 is 5.32 Å². The van der Waals surface area contributed by atoms with E-state index in [1.807, 2.05) is 33.0 Å². The molecule has 6 nitrogen and oxygen atoms in total. The third-order valence-electron chi connectivity index (χ3n) is 4.59. The molecule has 3 heterocycles. The predicted molar refractivity (Wildman–Crippen MR) is 107 cm³/mol. The van der Waals surface area contributed by atoms with Crippen molar-refractivity contribution in [1.29, 1.82) is 0 Å². The molecule has 26 heavy (non-hydrogen) atoms. The molecule has 0 saturated carbocycles. The number of nitrogens with one attached hydrogen (secondary N) is 1. The van der Waals surface area contributed by atoms with E-state index in [0.717, 1.165) is 63.2 Å². The van der Waals surface area contributed by atoms with Gasteiger partial charge in [-0.1, -0.05) is 13.3 Å². The Morgan fingerprint density at radius 3 is 2.65 bits per heavy atom. The summed E-state index contributed by atoms with van der Waals surface area (Å²) in [4.78, 5) is 18.3. The Morgan fingerprint density at radius 2 is 1.96 bits per heavy atom. The van der Waals surface area contributed by atoms with E-state index in [0.29, 0.717) is 5.92 Å². The predicted octanol–water partition coefficient (Wildman–Crippen LogP) is 3.89. The van der Waals surface area contributed by atoms with Crippen LogP contribution in [-0.2, 0) is 0 Å². The Labute approximate surface area is 157 Å². The molecule has 0 amide bonds. The minimum atomic E-state index is 0.219. The van der Waals surface area contributed by atoms with E-state index in [-0.39, 0.29) is 6.61 Å². The lowest BCUT2D eigenvalue weighted by atomic mass is 10.0. The molecule has 3 aromatic rings. The van der Waals surface area contributed by atoms with Gasteiger partial charge in [-0.3, -0.25) is 4.98 Å². The van der Waals surface area contributed by atoms with Gasteiger partial charge in [-0.05, 0) is 39.2 Å². The number of pyridine rings is 1. The van der Waals surface area contributed by atoms with Crippen LogP contribution in [0.15, 0.2) is 12.3 Å². The smallest absolute Gasteiger partial charge is 0.140 e. The Balaban J connectivity index is 1.96. The summed E-state index contributed by atoms with van der Waals surface area (Å²) in [7, 11) is 0. The summed E-state index contributed by atoms with van der Waals surface area (Å²) in [5.41, 5.74) is 3.73. The lowest BCUT2D eigenvalue weighted by Gasteiger charge is -2.15. The molecule has 0 aliphatic heterocycles. The molecule has 2 N–H and O–H groups in total. The van der Waals surface area contributed by atoms with Crippen LogP contribution in [0.25, 0.3) is 20.8 Å². The van der Waals surface area contributed by atoms with Gasteiger partial charge in [-0.2, -0.15) is 0 Å². The molecule has 0 bridgehead atoms. The van der Waals surface area contributed by atoms with Crippen molar-refractivity contribution in [3.63, 3.8) is 0 Å². The van der Waals surface area contributed by atoms with Gasteiger partial charge in [0.15, 0.2) is 0 Å². The van der Waals surface area contributed by atoms with E-state index in [1.54, 1.807) is 11.3 Å². The fourth-order valence-electron chi connectivity index (χ4n) is 3.00. The van der Waals surface area contributed by atoms with E-state index in [2.05, 4.69) is 27.2 Å². The molecule has 0 radical (unpaired) electrons. The van der Waals surface area contributed by atoms with Crippen LogP contribution in [0.3, 0.4) is 0 Å². The zero-order valence-corrected chi connectivity index (χ0v) is 16.5. The molecular formula is C19H25N5OS. The topological polar surface area (TPSA) is 83.8 Å². The lowest BCUT2D eigenvalue weighted by Crippen LogP contribution is -2.14. The quantitative estimate of drug-likeness (QED) is 0.655. The van der Waals surface area contributed by atoms with Gasteiger partial charge in [0.2, 0.25) is 0 Å². The molecule has 0 aliphatic carbocycles. The number of hydrogen-bond donors (Lipinski definition) is 2. The van der Waals surface area contributed by atoms with Gasteiger partial charge in [0.25, 0.3) is 0 Å². The molecule has 0 fully saturated rings. The van der Waals surface area contributed by atoms with Gasteiger partial charge < -0.3 is 10.4 Å². The molecule has 0 saturated heterocycles. The van der Waals surface area contributed by atoms with Crippen LogP contribution in [-0.4, -0.2) is 38.2 Å². The van der Waals surface area contributed by atoms with E-state index in [4.69, 9.17) is 4.98 Å². The van der Waals surface area contributed by atoms with Gasteiger partial charge in [0.05, 0.1) is 21.7 Å². The standard InChI is InChI=1S/C19H25N5OS/c1-5-14(10-25)6-8-21-18-16(11(2)22-13(4)23-18)19-24-17-12(3)20-9-7-15(17)26-19/h7,9,14,25H,5-6,8,10H2,1-4H3,(H,21,22,23). The highest BCUT2D eigenvalue weighted by atomic mass is 32.1. The summed E-state index contributed by atoms with van der Waals surface area (Å²) >= 11 is 1.64. The van der Waals surface area contributed by atoms with Crippen LogP contribution in [0.2, 0.25) is 0 Å². The highest BCUT2D eigenvalue weighted by Gasteiger charge is 2.17. The van der Waals surface area contributed by atoms with Crippen molar-refractivity contribution in [1.82, 2.24) is 19.9 Å². The zero-order chi connectivity index (χ0) is 18.7. The molecule has 3 rings (SSSR count). The zero-order valence-electron chi connectivity index (χ0n) is 15.7. The summed E-state index contributed by atoms with van der Waals surface area (Å²) in [6.07, 6.45) is 3.69. The Bertz CT molecular complexity index is 904. The van der Waals surface area contributed by atoms with Crippen molar-refractivity contribution in [3.05, 3.63) is 29.5 Å². The van der Waals surface area contributed by atoms with Gasteiger partial charge in [0.1, 0.15) is 22.2 Å². The van der Waals surface area contributed by atoms with Gasteiger partial charge in [0, 0.05) is 19.3 Å². The van der Waals surface area contributed by atoms with Crippen LogP contribution in [0, 0.1) is 26.7 Å². The van der Waals surface area contributed by atoms with Crippen LogP contribution in [0.4, 0.5) is 5.82 Å². The second-order valence-corrected chi connectivity index (χ2v) is 7.54. The van der Waals surface area contributed by atoms with Crippen molar-refractivity contribution in [2.75, 3.05) is 18.5 Å². The summed E-state index contributed by atoms with van der Waals surface area (Å²) in [5, 5.41) is 13.7. The third kappa shape index (κ3) is 3.83. The molecule has 138 valence electrons. The molecular weight excluding hydrogens is 346 g/mol. The first-order valence-corrected chi connectivity index (χ1v) is 9.77. The summed E-state index contributed by atoms with van der Waals surface area (Å²) in [6, 6.07) is 1.99. The van der Waals surface area contributed by atoms with E-state index in [9.17, 15) is 5.11 Å². The van der Waals surface area contributed by atoms with Crippen LogP contribution >= 0.6 is 11.3 Å². The maximum Gasteiger partial charge on any atom is 0.140 e. The number of aliphatic hydroxyl groups is 1. The first-order valence-electron chi connectivity index (χ1n) is 8.96. The second-order valence-electron chi connectivity index (χ2n) is 6.51. The number of fused-ring (bicyclic) bond motifs is 1. The molecule has 7 heteroatoms. The first kappa shape index (κ1) is 18.7. The largest absolute Gasteiger partial charge is 0.396 e. The normalized spacial score (nSPS) is 12.5. The number of aromatic nitrogens is 4. The number of rotatable bonds is 7. The molecule has 1 unspecified atom stereocenters. The number of aryl methyl sites for hydroxylation is 3. The van der Waals surface area contributed by atoms with Gasteiger partial charge >= 0.3 is 0 Å². The maximum atomic E-state index is 9.38. The van der Waals surface area contributed by atoms with E-state index >= 15 is 0 Å². The number of hydrogen-bond acceptors (Lipinski definition) is 7. The molecule has 0 aromatic carbocycles. The molecule has 1 atom stereocenters. The minimum absolute atomic E-state index is 0.219. The minimum Gasteiger partial charge on any atom is -0.396 e. The molecule has 0 aliphatic rings. The fourth-order valence-corrected chi connectivity index (χ4v) is 4.12. The second kappa shape index (κ2) is 8.05. The Hall–Kier alpha value is -2.12. The molecule has 3 aromatic heterocycles. The van der Waals surface area contributed by atoms with Crippen molar-refractivity contribution < 1.29 is 5.11 Å². The van der Waals surface area contributed by atoms with Crippen molar-refractivity contribution in [2.45, 2.75) is 40.5 Å². The van der Waals surface area contributed by atoms with Gasteiger partial charge in [-0.25, -0.2) is 15.0 Å². The van der Waals surface area contributed by atoms with Crippen molar-refractivity contribution in [3.8, 4) is 10.6 Å². The fraction of sp³-hybridized carbons (Fsp3) is 0.474. The van der Waals surface area contributed by atoms with Crippen LogP contribution in [0.5, 0.6) is 0 Å². The third-order valence-corrected chi connectivity index (χ3v) is 5.62. The summed E-state index contributed by atoms with van der Waals surface area (Å²) < 4.78 is 1.12. The first-order chi connectivity index (χ1) is 12.5. The van der Waals surface area contributed by atoms with Crippen molar-refractivity contribution in [2.24, 2.45) is 5.92 Å². The average molecular weight is 372 g/mol. The number of nitrogens with zero attached hydrogens (tertiary/aromatic N) is 4. The SMILES string of the molecule is CCC(CO)CCNc1nc(C)nc(C)c1-c1nc2c(C)nccc2s1. The lowest BCUT2D eigenvalue weighted by molar-refractivity contribution is 0.217. The van der Waals surface area contributed by atoms with Crippen molar-refractivity contribution >= 4 is 27.4 Å². The highest BCUT2D eigenvalue weighted by molar-refractivity contribution is 7.21. The monoisotopic (exact) mass is 371 g/mol. The molecule has 0 spiro atoms. The Morgan fingerprint density at radius 1 is 1.15 bits per heavy atom. The number of thiazole rings is 1. The number of aliphatic hydroxyl groups excluding tert-OH is 1. The van der Waals surface area contributed by atoms with E-state index < -0.39 is 0 Å².